The van der Waals surface area contributed by atoms with Crippen LogP contribution in [0.4, 0.5) is 0 Å². The lowest BCUT2D eigenvalue weighted by Gasteiger charge is -2.26. The summed E-state index contributed by atoms with van der Waals surface area (Å²) in [6.07, 6.45) is 5.88. The number of carbonyl (C=O) groups is 1. The lowest BCUT2D eigenvalue weighted by molar-refractivity contribution is 0.0718. The Morgan fingerprint density at radius 3 is 2.68 bits per heavy atom. The van der Waals surface area contributed by atoms with Gasteiger partial charge < -0.3 is 4.90 Å². The molecule has 0 N–H and O–H groups in total. The third-order valence-corrected chi connectivity index (χ3v) is 4.65. The predicted octanol–water partition coefficient (Wildman–Crippen LogP) is 2.98. The van der Waals surface area contributed by atoms with Crippen LogP contribution in [0.3, 0.4) is 0 Å². The van der Waals surface area contributed by atoms with E-state index in [2.05, 4.69) is 22.0 Å². The van der Waals surface area contributed by atoms with Crippen LogP contribution in [0.15, 0.2) is 36.5 Å². The molecule has 25 heavy (non-hydrogen) atoms. The maximum absolute atomic E-state index is 12.8. The number of hydrogen-bond donors (Lipinski definition) is 0. The summed E-state index contributed by atoms with van der Waals surface area (Å²) in [6, 6.07) is 9.51. The molecule has 4 heterocycles. The summed E-state index contributed by atoms with van der Waals surface area (Å²) < 4.78 is 1.82. The molecule has 0 atom stereocenters. The van der Waals surface area contributed by atoms with Gasteiger partial charge in [-0.15, -0.1) is 0 Å². The van der Waals surface area contributed by atoms with Crippen LogP contribution in [0.1, 0.15) is 42.4 Å². The quantitative estimate of drug-likeness (QED) is 0.738. The van der Waals surface area contributed by atoms with Gasteiger partial charge in [-0.05, 0) is 43.9 Å². The van der Waals surface area contributed by atoms with E-state index in [9.17, 15) is 4.79 Å². The van der Waals surface area contributed by atoms with Gasteiger partial charge in [-0.3, -0.25) is 9.78 Å². The fraction of sp³-hybridized carbons (Fsp3) is 0.368. The molecular weight excluding hydrogens is 314 g/mol. The van der Waals surface area contributed by atoms with Crippen molar-refractivity contribution in [2.45, 2.75) is 32.6 Å². The Bertz CT molecular complexity index is 897. The summed E-state index contributed by atoms with van der Waals surface area (Å²) in [5.74, 6) is 0.0255. The van der Waals surface area contributed by atoms with Crippen LogP contribution in [0.2, 0.25) is 0 Å². The molecule has 0 spiro atoms. The van der Waals surface area contributed by atoms with Crippen molar-refractivity contribution >= 4 is 11.6 Å². The molecule has 1 aliphatic heterocycles. The number of nitrogens with zero attached hydrogens (tertiary/aromatic N) is 5. The molecule has 0 aromatic carbocycles. The molecule has 0 saturated carbocycles. The van der Waals surface area contributed by atoms with Crippen molar-refractivity contribution in [3.63, 3.8) is 0 Å². The van der Waals surface area contributed by atoms with Gasteiger partial charge in [-0.1, -0.05) is 13.0 Å². The number of carbonyl (C=O) groups excluding carboxylic acids is 1. The molecule has 6 heteroatoms. The smallest absolute Gasteiger partial charge is 0.272 e. The van der Waals surface area contributed by atoms with Crippen molar-refractivity contribution in [3.8, 4) is 11.4 Å². The van der Waals surface area contributed by atoms with E-state index in [-0.39, 0.29) is 5.91 Å². The second-order valence-electron chi connectivity index (χ2n) is 6.35. The first-order valence-corrected chi connectivity index (χ1v) is 8.86. The van der Waals surface area contributed by atoms with Crippen LogP contribution in [0.5, 0.6) is 0 Å². The van der Waals surface area contributed by atoms with E-state index in [1.165, 1.54) is 6.42 Å². The van der Waals surface area contributed by atoms with Gasteiger partial charge in [0.2, 0.25) is 0 Å². The molecule has 0 bridgehead atoms. The molecule has 0 unspecified atom stereocenters. The standard InChI is InChI=1S/C19H21N5O/c1-2-14-12-17(19(25)23-10-6-3-7-11-23)21-18-13-16(22-24(14)18)15-8-4-5-9-20-15/h4-5,8-9,12-13H,2-3,6-7,10-11H2,1H3. The summed E-state index contributed by atoms with van der Waals surface area (Å²) in [7, 11) is 0. The van der Waals surface area contributed by atoms with Gasteiger partial charge in [0.1, 0.15) is 11.4 Å². The zero-order valence-electron chi connectivity index (χ0n) is 14.4. The highest BCUT2D eigenvalue weighted by molar-refractivity contribution is 5.93. The number of aromatic nitrogens is 4. The summed E-state index contributed by atoms with van der Waals surface area (Å²) >= 11 is 0. The number of likely N-dealkylation sites (tertiary alicyclic amines) is 1. The lowest BCUT2D eigenvalue weighted by Crippen LogP contribution is -2.36. The predicted molar refractivity (Wildman–Crippen MR) is 95.4 cm³/mol. The lowest BCUT2D eigenvalue weighted by atomic mass is 10.1. The number of amides is 1. The molecule has 0 aliphatic carbocycles. The molecule has 0 radical (unpaired) electrons. The largest absolute Gasteiger partial charge is 0.337 e. The Labute approximate surface area is 146 Å². The zero-order valence-corrected chi connectivity index (χ0v) is 14.4. The highest BCUT2D eigenvalue weighted by Gasteiger charge is 2.21. The van der Waals surface area contributed by atoms with Crippen LogP contribution < -0.4 is 0 Å². The number of piperidine rings is 1. The van der Waals surface area contributed by atoms with E-state index < -0.39 is 0 Å². The topological polar surface area (TPSA) is 63.4 Å². The molecule has 6 nitrogen and oxygen atoms in total. The minimum Gasteiger partial charge on any atom is -0.337 e. The summed E-state index contributed by atoms with van der Waals surface area (Å²) in [6.45, 7) is 3.71. The van der Waals surface area contributed by atoms with Crippen LogP contribution in [0, 0.1) is 0 Å². The first-order valence-electron chi connectivity index (χ1n) is 8.86. The van der Waals surface area contributed by atoms with Crippen molar-refractivity contribution in [1.82, 2.24) is 24.5 Å². The van der Waals surface area contributed by atoms with Crippen LogP contribution in [-0.4, -0.2) is 43.5 Å². The van der Waals surface area contributed by atoms with Gasteiger partial charge in [-0.25, -0.2) is 9.50 Å². The Hall–Kier alpha value is -2.76. The molecule has 1 amide bonds. The average molecular weight is 335 g/mol. The van der Waals surface area contributed by atoms with Crippen LogP contribution in [0.25, 0.3) is 17.0 Å². The van der Waals surface area contributed by atoms with Crippen LogP contribution >= 0.6 is 0 Å². The normalized spacial score (nSPS) is 14.8. The monoisotopic (exact) mass is 335 g/mol. The van der Waals surface area contributed by atoms with Crippen molar-refractivity contribution < 1.29 is 4.79 Å². The Balaban J connectivity index is 1.75. The molecule has 3 aromatic heterocycles. The molecule has 128 valence electrons. The highest BCUT2D eigenvalue weighted by Crippen LogP contribution is 2.20. The molecule has 4 rings (SSSR count). The fourth-order valence-electron chi connectivity index (χ4n) is 3.30. The van der Waals surface area contributed by atoms with Crippen molar-refractivity contribution in [2.75, 3.05) is 13.1 Å². The molecule has 1 fully saturated rings. The van der Waals surface area contributed by atoms with E-state index in [1.54, 1.807) is 6.20 Å². The molecular formula is C19H21N5O. The van der Waals surface area contributed by atoms with Crippen molar-refractivity contribution in [2.24, 2.45) is 0 Å². The van der Waals surface area contributed by atoms with E-state index in [0.717, 1.165) is 49.4 Å². The second-order valence-corrected chi connectivity index (χ2v) is 6.35. The van der Waals surface area contributed by atoms with E-state index in [1.807, 2.05) is 39.7 Å². The number of fused-ring (bicyclic) bond motifs is 1. The maximum Gasteiger partial charge on any atom is 0.272 e. The van der Waals surface area contributed by atoms with Gasteiger partial charge in [-0.2, -0.15) is 5.10 Å². The summed E-state index contributed by atoms with van der Waals surface area (Å²) in [5, 5.41) is 4.63. The number of hydrogen-bond acceptors (Lipinski definition) is 4. The first kappa shape index (κ1) is 15.7. The van der Waals surface area contributed by atoms with Gasteiger partial charge in [0.05, 0.1) is 5.69 Å². The van der Waals surface area contributed by atoms with Gasteiger partial charge in [0.15, 0.2) is 5.65 Å². The molecule has 3 aromatic rings. The SMILES string of the molecule is CCc1cc(C(=O)N2CCCCC2)nc2cc(-c3ccccn3)nn12. The fourth-order valence-corrected chi connectivity index (χ4v) is 3.30. The Kier molecular flexibility index (Phi) is 4.17. The minimum atomic E-state index is 0.0255. The third kappa shape index (κ3) is 2.99. The third-order valence-electron chi connectivity index (χ3n) is 4.65. The Morgan fingerprint density at radius 1 is 1.12 bits per heavy atom. The summed E-state index contributed by atoms with van der Waals surface area (Å²) in [5.41, 5.74) is 3.76. The summed E-state index contributed by atoms with van der Waals surface area (Å²) in [4.78, 5) is 23.7. The van der Waals surface area contributed by atoms with Gasteiger partial charge in [0, 0.05) is 31.0 Å². The second kappa shape index (κ2) is 6.63. The van der Waals surface area contributed by atoms with Gasteiger partial charge >= 0.3 is 0 Å². The Morgan fingerprint density at radius 2 is 1.96 bits per heavy atom. The van der Waals surface area contributed by atoms with Crippen molar-refractivity contribution in [1.29, 1.82) is 0 Å². The van der Waals surface area contributed by atoms with Crippen molar-refractivity contribution in [3.05, 3.63) is 47.9 Å². The van der Waals surface area contributed by atoms with E-state index >= 15 is 0 Å². The molecule has 1 aliphatic rings. The van der Waals surface area contributed by atoms with Crippen LogP contribution in [-0.2, 0) is 6.42 Å². The first-order chi connectivity index (χ1) is 12.3. The van der Waals surface area contributed by atoms with E-state index in [4.69, 9.17) is 0 Å². The average Bonchev–Trinajstić information content (AvgIpc) is 3.12. The van der Waals surface area contributed by atoms with E-state index in [0.29, 0.717) is 11.3 Å². The zero-order chi connectivity index (χ0) is 17.2. The minimum absolute atomic E-state index is 0.0255. The number of pyridine rings is 1. The number of rotatable bonds is 3. The maximum atomic E-state index is 12.8. The molecule has 1 saturated heterocycles. The highest BCUT2D eigenvalue weighted by atomic mass is 16.2. The number of aryl methyl sites for hydroxylation is 1. The van der Waals surface area contributed by atoms with Gasteiger partial charge in [0.25, 0.3) is 5.91 Å².